The van der Waals surface area contributed by atoms with E-state index in [0.29, 0.717) is 0 Å². The molecule has 2 rings (SSSR count). The predicted molar refractivity (Wildman–Crippen MR) is 70.4 cm³/mol. The molecule has 4 nitrogen and oxygen atoms in total. The lowest BCUT2D eigenvalue weighted by Gasteiger charge is -2.35. The maximum Gasteiger partial charge on any atom is 0.124 e. The number of hydrogen-bond acceptors (Lipinski definition) is 4. The summed E-state index contributed by atoms with van der Waals surface area (Å²) in [5.41, 5.74) is 1.02. The summed E-state index contributed by atoms with van der Waals surface area (Å²) in [6.07, 6.45) is 0. The highest BCUT2D eigenvalue weighted by Gasteiger charge is 2.23. The molecule has 0 amide bonds. The minimum Gasteiger partial charge on any atom is -0.497 e. The van der Waals surface area contributed by atoms with Crippen LogP contribution in [0, 0.1) is 11.3 Å². The number of likely N-dealkylation sites (N-methyl/N-ethyl adjacent to an activating group) is 1. The Kier molecular flexibility index (Phi) is 4.19. The quantitative estimate of drug-likeness (QED) is 0.809. The first-order chi connectivity index (χ1) is 8.74. The van der Waals surface area contributed by atoms with Crippen molar-refractivity contribution in [1.29, 1.82) is 5.26 Å². The Morgan fingerprint density at radius 3 is 2.61 bits per heavy atom. The molecule has 1 aromatic rings. The molecule has 1 atom stereocenters. The van der Waals surface area contributed by atoms with Crippen LogP contribution in [0.25, 0.3) is 0 Å². The van der Waals surface area contributed by atoms with Crippen molar-refractivity contribution >= 4 is 0 Å². The Morgan fingerprint density at radius 2 is 2.00 bits per heavy atom. The summed E-state index contributed by atoms with van der Waals surface area (Å²) in [6.45, 7) is 3.90. The van der Waals surface area contributed by atoms with Crippen molar-refractivity contribution in [3.63, 3.8) is 0 Å². The van der Waals surface area contributed by atoms with Crippen LogP contribution in [-0.4, -0.2) is 50.1 Å². The molecule has 0 radical (unpaired) electrons. The van der Waals surface area contributed by atoms with Crippen LogP contribution in [0.2, 0.25) is 0 Å². The number of benzene rings is 1. The van der Waals surface area contributed by atoms with Crippen LogP contribution in [0.5, 0.6) is 5.75 Å². The van der Waals surface area contributed by atoms with Gasteiger partial charge in [0.25, 0.3) is 0 Å². The smallest absolute Gasteiger partial charge is 0.124 e. The zero-order valence-corrected chi connectivity index (χ0v) is 11.0. The Labute approximate surface area is 108 Å². The zero-order valence-electron chi connectivity index (χ0n) is 11.0. The second-order valence-electron chi connectivity index (χ2n) is 4.65. The van der Waals surface area contributed by atoms with Crippen LogP contribution in [0.4, 0.5) is 0 Å². The van der Waals surface area contributed by atoms with E-state index in [4.69, 9.17) is 4.74 Å². The van der Waals surface area contributed by atoms with Gasteiger partial charge < -0.3 is 9.64 Å². The van der Waals surface area contributed by atoms with Crippen molar-refractivity contribution < 1.29 is 4.74 Å². The molecule has 1 aromatic carbocycles. The third kappa shape index (κ3) is 2.81. The van der Waals surface area contributed by atoms with E-state index >= 15 is 0 Å². The van der Waals surface area contributed by atoms with Gasteiger partial charge in [0, 0.05) is 26.2 Å². The largest absolute Gasteiger partial charge is 0.497 e. The third-order valence-corrected chi connectivity index (χ3v) is 3.43. The summed E-state index contributed by atoms with van der Waals surface area (Å²) in [4.78, 5) is 4.52. The molecule has 0 N–H and O–H groups in total. The lowest BCUT2D eigenvalue weighted by atomic mass is 10.1. The average molecular weight is 245 g/mol. The number of nitriles is 1. The number of ether oxygens (including phenoxy) is 1. The standard InChI is InChI=1S/C14H19N3O/c1-16-6-8-17(9-7-16)14(11-15)12-4-3-5-13(10-12)18-2/h3-5,10,14H,6-9H2,1-2H3. The molecule has 1 heterocycles. The van der Waals surface area contributed by atoms with Crippen LogP contribution in [0.1, 0.15) is 11.6 Å². The first-order valence-electron chi connectivity index (χ1n) is 6.21. The monoisotopic (exact) mass is 245 g/mol. The van der Waals surface area contributed by atoms with Gasteiger partial charge in [-0.2, -0.15) is 5.26 Å². The normalized spacial score (nSPS) is 19.2. The van der Waals surface area contributed by atoms with E-state index in [-0.39, 0.29) is 6.04 Å². The molecular formula is C14H19N3O. The van der Waals surface area contributed by atoms with E-state index in [1.165, 1.54) is 0 Å². The van der Waals surface area contributed by atoms with Gasteiger partial charge in [0.2, 0.25) is 0 Å². The predicted octanol–water partition coefficient (Wildman–Crippen LogP) is 1.51. The molecule has 1 aliphatic heterocycles. The van der Waals surface area contributed by atoms with Crippen LogP contribution >= 0.6 is 0 Å². The number of methoxy groups -OCH3 is 1. The number of hydrogen-bond donors (Lipinski definition) is 0. The molecule has 0 saturated carbocycles. The molecule has 18 heavy (non-hydrogen) atoms. The number of piperazine rings is 1. The summed E-state index contributed by atoms with van der Waals surface area (Å²) < 4.78 is 5.22. The summed E-state index contributed by atoms with van der Waals surface area (Å²) in [6, 6.07) is 10.0. The first-order valence-corrected chi connectivity index (χ1v) is 6.21. The van der Waals surface area contributed by atoms with Crippen LogP contribution in [0.3, 0.4) is 0 Å². The Balaban J connectivity index is 2.15. The van der Waals surface area contributed by atoms with Crippen LogP contribution < -0.4 is 4.74 Å². The molecule has 96 valence electrons. The highest BCUT2D eigenvalue weighted by Crippen LogP contribution is 2.24. The highest BCUT2D eigenvalue weighted by atomic mass is 16.5. The zero-order chi connectivity index (χ0) is 13.0. The van der Waals surface area contributed by atoms with E-state index in [9.17, 15) is 5.26 Å². The van der Waals surface area contributed by atoms with Gasteiger partial charge in [0.1, 0.15) is 11.8 Å². The Bertz CT molecular complexity index is 433. The minimum atomic E-state index is -0.172. The van der Waals surface area contributed by atoms with E-state index < -0.39 is 0 Å². The van der Waals surface area contributed by atoms with Crippen molar-refractivity contribution in [2.75, 3.05) is 40.3 Å². The molecule has 1 saturated heterocycles. The fourth-order valence-electron chi connectivity index (χ4n) is 2.26. The van der Waals surface area contributed by atoms with Gasteiger partial charge in [-0.15, -0.1) is 0 Å². The van der Waals surface area contributed by atoms with Gasteiger partial charge in [-0.3, -0.25) is 4.90 Å². The van der Waals surface area contributed by atoms with Crippen LogP contribution in [-0.2, 0) is 0 Å². The summed E-state index contributed by atoms with van der Waals surface area (Å²) in [5, 5.41) is 9.42. The summed E-state index contributed by atoms with van der Waals surface area (Å²) in [5.74, 6) is 0.807. The minimum absolute atomic E-state index is 0.172. The Hall–Kier alpha value is -1.57. The molecule has 1 aliphatic rings. The molecule has 1 unspecified atom stereocenters. The topological polar surface area (TPSA) is 39.5 Å². The van der Waals surface area contributed by atoms with E-state index in [1.807, 2.05) is 24.3 Å². The highest BCUT2D eigenvalue weighted by molar-refractivity contribution is 5.33. The first kappa shape index (κ1) is 12.9. The molecule has 1 fully saturated rings. The maximum absolute atomic E-state index is 9.42. The third-order valence-electron chi connectivity index (χ3n) is 3.43. The summed E-state index contributed by atoms with van der Waals surface area (Å²) >= 11 is 0. The van der Waals surface area contributed by atoms with Crippen molar-refractivity contribution in [2.45, 2.75) is 6.04 Å². The van der Waals surface area contributed by atoms with E-state index in [1.54, 1.807) is 7.11 Å². The fraction of sp³-hybridized carbons (Fsp3) is 0.500. The van der Waals surface area contributed by atoms with Crippen LogP contribution in [0.15, 0.2) is 24.3 Å². The van der Waals surface area contributed by atoms with Crippen molar-refractivity contribution in [1.82, 2.24) is 9.80 Å². The van der Waals surface area contributed by atoms with Gasteiger partial charge in [-0.25, -0.2) is 0 Å². The lowest BCUT2D eigenvalue weighted by molar-refractivity contribution is 0.132. The van der Waals surface area contributed by atoms with Gasteiger partial charge in [0.05, 0.1) is 13.2 Å². The second-order valence-corrected chi connectivity index (χ2v) is 4.65. The SMILES string of the molecule is COc1cccc(C(C#N)N2CCN(C)CC2)c1. The van der Waals surface area contributed by atoms with Gasteiger partial charge >= 0.3 is 0 Å². The van der Waals surface area contributed by atoms with Gasteiger partial charge in [-0.1, -0.05) is 12.1 Å². The molecular weight excluding hydrogens is 226 g/mol. The Morgan fingerprint density at radius 1 is 1.28 bits per heavy atom. The lowest BCUT2D eigenvalue weighted by Crippen LogP contribution is -2.45. The second kappa shape index (κ2) is 5.85. The summed E-state index contributed by atoms with van der Waals surface area (Å²) in [7, 11) is 3.76. The molecule has 0 spiro atoms. The number of rotatable bonds is 3. The van der Waals surface area contributed by atoms with Crippen molar-refractivity contribution in [2.24, 2.45) is 0 Å². The van der Waals surface area contributed by atoms with Crippen molar-refractivity contribution in [3.8, 4) is 11.8 Å². The van der Waals surface area contributed by atoms with Gasteiger partial charge in [-0.05, 0) is 24.7 Å². The molecule has 4 heteroatoms. The van der Waals surface area contributed by atoms with Gasteiger partial charge in [0.15, 0.2) is 0 Å². The average Bonchev–Trinajstić information content (AvgIpc) is 2.42. The molecule has 0 aliphatic carbocycles. The van der Waals surface area contributed by atoms with E-state index in [2.05, 4.69) is 22.9 Å². The maximum atomic E-state index is 9.42. The number of nitrogens with zero attached hydrogens (tertiary/aromatic N) is 3. The molecule has 0 bridgehead atoms. The fourth-order valence-corrected chi connectivity index (χ4v) is 2.26. The van der Waals surface area contributed by atoms with E-state index in [0.717, 1.165) is 37.5 Å². The van der Waals surface area contributed by atoms with Crippen molar-refractivity contribution in [3.05, 3.63) is 29.8 Å². The molecule has 0 aromatic heterocycles.